The molecular formula is C18H26N6. The summed E-state index contributed by atoms with van der Waals surface area (Å²) in [6.07, 6.45) is 11.9. The molecule has 0 aliphatic carbocycles. The lowest BCUT2D eigenvalue weighted by Crippen LogP contribution is -2.33. The predicted octanol–water partition coefficient (Wildman–Crippen LogP) is 1.86. The van der Waals surface area contributed by atoms with E-state index >= 15 is 0 Å². The standard InChI is InChI=1S/C18H26N6/c1-4-7-19-16-6-9-24(13-16)18-5-8-20-21-11-17(14(18)2)15-10-22-23(3)12-15/h5,8,10-12,16,19,21H,2,4,6-7,9,13H2,1,3H3/b17-11+,18-5+,20-8-. The highest BCUT2D eigenvalue weighted by Gasteiger charge is 2.26. The Morgan fingerprint density at radius 3 is 3.08 bits per heavy atom. The van der Waals surface area contributed by atoms with Crippen molar-refractivity contribution in [3.8, 4) is 0 Å². The molecule has 6 nitrogen and oxygen atoms in total. The van der Waals surface area contributed by atoms with Gasteiger partial charge in [-0.1, -0.05) is 13.5 Å². The summed E-state index contributed by atoms with van der Waals surface area (Å²) in [6.45, 7) is 9.68. The van der Waals surface area contributed by atoms with Crippen LogP contribution in [0.5, 0.6) is 0 Å². The third-order valence-corrected chi connectivity index (χ3v) is 4.45. The molecule has 0 aromatic carbocycles. The van der Waals surface area contributed by atoms with E-state index in [1.807, 2.05) is 31.7 Å². The molecule has 0 saturated carbocycles. The lowest BCUT2D eigenvalue weighted by molar-refractivity contribution is 0.415. The molecule has 2 aliphatic heterocycles. The molecule has 1 atom stereocenters. The Morgan fingerprint density at radius 2 is 2.33 bits per heavy atom. The van der Waals surface area contributed by atoms with Gasteiger partial charge in [0.1, 0.15) is 0 Å². The van der Waals surface area contributed by atoms with Gasteiger partial charge in [0.2, 0.25) is 0 Å². The van der Waals surface area contributed by atoms with Gasteiger partial charge in [-0.2, -0.15) is 10.2 Å². The van der Waals surface area contributed by atoms with Crippen molar-refractivity contribution in [3.63, 3.8) is 0 Å². The van der Waals surface area contributed by atoms with E-state index in [-0.39, 0.29) is 0 Å². The number of nitrogens with zero attached hydrogens (tertiary/aromatic N) is 4. The molecule has 1 aromatic heterocycles. The van der Waals surface area contributed by atoms with Crippen LogP contribution in [-0.4, -0.2) is 46.6 Å². The van der Waals surface area contributed by atoms with Crippen molar-refractivity contribution in [3.05, 3.63) is 48.1 Å². The first-order valence-corrected chi connectivity index (χ1v) is 8.55. The maximum absolute atomic E-state index is 4.36. The molecule has 1 fully saturated rings. The third-order valence-electron chi connectivity index (χ3n) is 4.45. The van der Waals surface area contributed by atoms with E-state index in [1.54, 1.807) is 10.9 Å². The molecule has 2 aliphatic rings. The Hall–Kier alpha value is -2.34. The van der Waals surface area contributed by atoms with Crippen LogP contribution in [0.25, 0.3) is 5.57 Å². The minimum absolute atomic E-state index is 0.546. The highest BCUT2D eigenvalue weighted by molar-refractivity contribution is 5.86. The Bertz CT molecular complexity index is 681. The summed E-state index contributed by atoms with van der Waals surface area (Å²) in [6, 6.07) is 0.546. The Labute approximate surface area is 143 Å². The van der Waals surface area contributed by atoms with E-state index in [4.69, 9.17) is 0 Å². The molecule has 1 aromatic rings. The van der Waals surface area contributed by atoms with Crippen molar-refractivity contribution in [2.75, 3.05) is 19.6 Å². The normalized spacial score (nSPS) is 26.8. The number of hydrogen-bond acceptors (Lipinski definition) is 5. The number of rotatable bonds is 5. The zero-order valence-corrected chi connectivity index (χ0v) is 14.5. The number of hydrazone groups is 1. The maximum atomic E-state index is 4.36. The van der Waals surface area contributed by atoms with Crippen LogP contribution in [0.1, 0.15) is 25.3 Å². The van der Waals surface area contributed by atoms with Crippen molar-refractivity contribution < 1.29 is 0 Å². The Kier molecular flexibility index (Phi) is 5.15. The van der Waals surface area contributed by atoms with Crippen LogP contribution >= 0.6 is 0 Å². The number of hydrogen-bond donors (Lipinski definition) is 2. The average Bonchev–Trinajstić information content (AvgIpc) is 3.19. The first-order chi connectivity index (χ1) is 11.7. The first-order valence-electron chi connectivity index (χ1n) is 8.55. The van der Waals surface area contributed by atoms with Gasteiger partial charge < -0.3 is 10.2 Å². The van der Waals surface area contributed by atoms with Crippen LogP contribution in [0.4, 0.5) is 0 Å². The molecule has 0 amide bonds. The quantitative estimate of drug-likeness (QED) is 0.867. The highest BCUT2D eigenvalue weighted by atomic mass is 15.3. The fourth-order valence-corrected chi connectivity index (χ4v) is 3.19. The largest absolute Gasteiger partial charge is 0.369 e. The minimum Gasteiger partial charge on any atom is -0.369 e. The Balaban J connectivity index is 1.80. The molecule has 0 bridgehead atoms. The summed E-state index contributed by atoms with van der Waals surface area (Å²) in [5, 5.41) is 12.1. The number of likely N-dealkylation sites (tertiary alicyclic amines) is 1. The van der Waals surface area contributed by atoms with Gasteiger partial charge in [0.15, 0.2) is 0 Å². The minimum atomic E-state index is 0.546. The van der Waals surface area contributed by atoms with Crippen LogP contribution in [0.2, 0.25) is 0 Å². The predicted molar refractivity (Wildman–Crippen MR) is 98.3 cm³/mol. The summed E-state index contributed by atoms with van der Waals surface area (Å²) in [5.41, 5.74) is 7.15. The summed E-state index contributed by atoms with van der Waals surface area (Å²) in [4.78, 5) is 2.40. The van der Waals surface area contributed by atoms with Crippen molar-refractivity contribution in [2.24, 2.45) is 12.1 Å². The van der Waals surface area contributed by atoms with Crippen LogP contribution < -0.4 is 10.7 Å². The van der Waals surface area contributed by atoms with Crippen molar-refractivity contribution in [1.29, 1.82) is 0 Å². The van der Waals surface area contributed by atoms with Gasteiger partial charge in [0.25, 0.3) is 0 Å². The number of aryl methyl sites for hydroxylation is 1. The van der Waals surface area contributed by atoms with Gasteiger partial charge >= 0.3 is 0 Å². The first kappa shape index (κ1) is 16.5. The van der Waals surface area contributed by atoms with Crippen molar-refractivity contribution >= 4 is 11.8 Å². The summed E-state index contributed by atoms with van der Waals surface area (Å²) < 4.78 is 1.80. The average molecular weight is 326 g/mol. The van der Waals surface area contributed by atoms with Gasteiger partial charge in [0.05, 0.1) is 6.20 Å². The van der Waals surface area contributed by atoms with E-state index in [0.29, 0.717) is 6.04 Å². The molecule has 2 N–H and O–H groups in total. The molecule has 3 rings (SSSR count). The summed E-state index contributed by atoms with van der Waals surface area (Å²) >= 11 is 0. The fourth-order valence-electron chi connectivity index (χ4n) is 3.19. The van der Waals surface area contributed by atoms with E-state index in [9.17, 15) is 0 Å². The second-order valence-corrected chi connectivity index (χ2v) is 6.28. The molecule has 0 radical (unpaired) electrons. The monoisotopic (exact) mass is 326 g/mol. The van der Waals surface area contributed by atoms with Crippen molar-refractivity contribution in [2.45, 2.75) is 25.8 Å². The highest BCUT2D eigenvalue weighted by Crippen LogP contribution is 2.30. The van der Waals surface area contributed by atoms with Crippen molar-refractivity contribution in [1.82, 2.24) is 25.4 Å². The molecule has 1 saturated heterocycles. The number of aromatic nitrogens is 2. The fraction of sp³-hybridized carbons (Fsp3) is 0.444. The lowest BCUT2D eigenvalue weighted by Gasteiger charge is -2.25. The SMILES string of the molecule is C=C1/C(c2cnn(C)c2)=C\N/N=C\C=C/1N1CCC(NCCC)C1. The summed E-state index contributed by atoms with van der Waals surface area (Å²) in [5.74, 6) is 0. The van der Waals surface area contributed by atoms with E-state index in [1.165, 1.54) is 0 Å². The Morgan fingerprint density at radius 1 is 1.46 bits per heavy atom. The van der Waals surface area contributed by atoms with Crippen LogP contribution in [0, 0.1) is 0 Å². The second kappa shape index (κ2) is 7.49. The van der Waals surface area contributed by atoms with Gasteiger partial charge in [-0.25, -0.2) is 0 Å². The molecule has 1 unspecified atom stereocenters. The molecule has 3 heterocycles. The maximum Gasteiger partial charge on any atom is 0.0568 e. The molecule has 0 spiro atoms. The smallest absolute Gasteiger partial charge is 0.0568 e. The van der Waals surface area contributed by atoms with Crippen LogP contribution in [0.15, 0.2) is 47.6 Å². The van der Waals surface area contributed by atoms with Gasteiger partial charge in [-0.3, -0.25) is 10.1 Å². The second-order valence-electron chi connectivity index (χ2n) is 6.28. The zero-order chi connectivity index (χ0) is 16.9. The van der Waals surface area contributed by atoms with E-state index in [0.717, 1.165) is 54.9 Å². The number of nitrogens with one attached hydrogen (secondary N) is 2. The topological polar surface area (TPSA) is 57.5 Å². The van der Waals surface area contributed by atoms with Crippen LogP contribution in [-0.2, 0) is 7.05 Å². The summed E-state index contributed by atoms with van der Waals surface area (Å²) in [7, 11) is 1.92. The molecule has 128 valence electrons. The van der Waals surface area contributed by atoms with Gasteiger partial charge in [-0.05, 0) is 25.5 Å². The molecule has 6 heteroatoms. The van der Waals surface area contributed by atoms with Gasteiger partial charge in [-0.15, -0.1) is 0 Å². The van der Waals surface area contributed by atoms with Gasteiger partial charge in [0, 0.05) is 67.2 Å². The zero-order valence-electron chi connectivity index (χ0n) is 14.5. The lowest BCUT2D eigenvalue weighted by atomic mass is 9.99. The van der Waals surface area contributed by atoms with Crippen LogP contribution in [0.3, 0.4) is 0 Å². The molecular weight excluding hydrogens is 300 g/mol. The number of allylic oxidation sites excluding steroid dienone is 2. The third kappa shape index (κ3) is 3.59. The van der Waals surface area contributed by atoms with E-state index < -0.39 is 0 Å². The van der Waals surface area contributed by atoms with E-state index in [2.05, 4.69) is 39.3 Å². The molecule has 24 heavy (non-hydrogen) atoms.